The van der Waals surface area contributed by atoms with E-state index in [2.05, 4.69) is 48.3 Å². The minimum atomic E-state index is 0.545. The van der Waals surface area contributed by atoms with Gasteiger partial charge in [0.05, 0.1) is 0 Å². The first-order valence-electron chi connectivity index (χ1n) is 7.86. The van der Waals surface area contributed by atoms with Crippen LogP contribution < -0.4 is 10.6 Å². The Labute approximate surface area is 122 Å². The fourth-order valence-corrected chi connectivity index (χ4v) is 2.98. The Morgan fingerprint density at radius 2 is 1.75 bits per heavy atom. The molecule has 0 radical (unpaired) electrons. The van der Waals surface area contributed by atoms with Crippen molar-refractivity contribution >= 4 is 11.6 Å². The summed E-state index contributed by atoms with van der Waals surface area (Å²) < 4.78 is 0. The second-order valence-electron chi connectivity index (χ2n) is 6.23. The SMILES string of the molecule is CCNc1nc(C)nc(NC2CCC(C)C(C)C2)c1C. The molecule has 0 aromatic carbocycles. The zero-order valence-corrected chi connectivity index (χ0v) is 13.5. The number of nitrogens with zero attached hydrogens (tertiary/aromatic N) is 2. The number of anilines is 2. The van der Waals surface area contributed by atoms with Crippen molar-refractivity contribution in [2.75, 3.05) is 17.2 Å². The van der Waals surface area contributed by atoms with Gasteiger partial charge in [-0.2, -0.15) is 0 Å². The van der Waals surface area contributed by atoms with Crippen LogP contribution in [-0.2, 0) is 0 Å². The minimum absolute atomic E-state index is 0.545. The average molecular weight is 276 g/mol. The average Bonchev–Trinajstić information content (AvgIpc) is 2.39. The Morgan fingerprint density at radius 1 is 1.05 bits per heavy atom. The monoisotopic (exact) mass is 276 g/mol. The first-order chi connectivity index (χ1) is 9.51. The van der Waals surface area contributed by atoms with Crippen molar-refractivity contribution in [2.24, 2.45) is 11.8 Å². The van der Waals surface area contributed by atoms with Gasteiger partial charge in [0.1, 0.15) is 17.5 Å². The fraction of sp³-hybridized carbons (Fsp3) is 0.750. The van der Waals surface area contributed by atoms with Crippen LogP contribution in [0.25, 0.3) is 0 Å². The standard InChI is InChI=1S/C16H28N4/c1-6-17-15-12(4)16(19-13(5)18-15)20-14-8-7-10(2)11(3)9-14/h10-11,14H,6-9H2,1-5H3,(H2,17,18,19,20). The first kappa shape index (κ1) is 15.1. The molecular formula is C16H28N4. The summed E-state index contributed by atoms with van der Waals surface area (Å²) in [5.74, 6) is 4.42. The van der Waals surface area contributed by atoms with Crippen molar-refractivity contribution in [3.63, 3.8) is 0 Å². The molecular weight excluding hydrogens is 248 g/mol. The molecule has 1 aromatic rings. The van der Waals surface area contributed by atoms with Gasteiger partial charge < -0.3 is 10.6 Å². The predicted molar refractivity (Wildman–Crippen MR) is 85.3 cm³/mol. The Hall–Kier alpha value is -1.32. The molecule has 4 nitrogen and oxygen atoms in total. The molecule has 0 bridgehead atoms. The Morgan fingerprint density at radius 3 is 2.40 bits per heavy atom. The van der Waals surface area contributed by atoms with E-state index in [9.17, 15) is 0 Å². The molecule has 3 unspecified atom stereocenters. The van der Waals surface area contributed by atoms with Gasteiger partial charge in [-0.1, -0.05) is 13.8 Å². The van der Waals surface area contributed by atoms with Gasteiger partial charge in [-0.25, -0.2) is 9.97 Å². The van der Waals surface area contributed by atoms with Crippen molar-refractivity contribution in [1.82, 2.24) is 9.97 Å². The molecule has 2 N–H and O–H groups in total. The van der Waals surface area contributed by atoms with Gasteiger partial charge in [0.2, 0.25) is 0 Å². The Balaban J connectivity index is 2.13. The van der Waals surface area contributed by atoms with Crippen LogP contribution in [0.5, 0.6) is 0 Å². The van der Waals surface area contributed by atoms with E-state index in [1.807, 2.05) is 6.92 Å². The maximum absolute atomic E-state index is 4.59. The number of aryl methyl sites for hydroxylation is 1. The molecule has 1 saturated carbocycles. The van der Waals surface area contributed by atoms with Gasteiger partial charge >= 0.3 is 0 Å². The molecule has 0 spiro atoms. The smallest absolute Gasteiger partial charge is 0.134 e. The third-order valence-electron chi connectivity index (χ3n) is 4.54. The minimum Gasteiger partial charge on any atom is -0.370 e. The summed E-state index contributed by atoms with van der Waals surface area (Å²) in [5, 5.41) is 6.97. The molecule has 0 saturated heterocycles. The zero-order chi connectivity index (χ0) is 14.7. The molecule has 0 aliphatic heterocycles. The highest BCUT2D eigenvalue weighted by Gasteiger charge is 2.25. The van der Waals surface area contributed by atoms with E-state index < -0.39 is 0 Å². The predicted octanol–water partition coefficient (Wildman–Crippen LogP) is 3.76. The molecule has 1 heterocycles. The lowest BCUT2D eigenvalue weighted by Crippen LogP contribution is -2.31. The third-order valence-corrected chi connectivity index (χ3v) is 4.54. The van der Waals surface area contributed by atoms with Crippen molar-refractivity contribution in [3.8, 4) is 0 Å². The first-order valence-corrected chi connectivity index (χ1v) is 7.86. The van der Waals surface area contributed by atoms with E-state index in [0.717, 1.165) is 41.4 Å². The molecule has 2 rings (SSSR count). The van der Waals surface area contributed by atoms with Crippen LogP contribution in [0.3, 0.4) is 0 Å². The van der Waals surface area contributed by atoms with Crippen LogP contribution in [-0.4, -0.2) is 22.6 Å². The molecule has 3 atom stereocenters. The molecule has 20 heavy (non-hydrogen) atoms. The van der Waals surface area contributed by atoms with E-state index in [-0.39, 0.29) is 0 Å². The van der Waals surface area contributed by atoms with Crippen molar-refractivity contribution in [1.29, 1.82) is 0 Å². The summed E-state index contributed by atoms with van der Waals surface area (Å²) in [6, 6.07) is 0.545. The van der Waals surface area contributed by atoms with E-state index in [4.69, 9.17) is 0 Å². The summed E-state index contributed by atoms with van der Waals surface area (Å²) in [7, 11) is 0. The number of hydrogen-bond acceptors (Lipinski definition) is 4. The summed E-state index contributed by atoms with van der Waals surface area (Å²) in [4.78, 5) is 9.07. The van der Waals surface area contributed by atoms with Gasteiger partial charge in [-0.3, -0.25) is 0 Å². The van der Waals surface area contributed by atoms with E-state index >= 15 is 0 Å². The fourth-order valence-electron chi connectivity index (χ4n) is 2.98. The largest absolute Gasteiger partial charge is 0.370 e. The summed E-state index contributed by atoms with van der Waals surface area (Å²) in [5.41, 5.74) is 1.13. The molecule has 0 amide bonds. The van der Waals surface area contributed by atoms with Gasteiger partial charge in [-0.15, -0.1) is 0 Å². The maximum atomic E-state index is 4.59. The van der Waals surface area contributed by atoms with Gasteiger partial charge in [0, 0.05) is 18.2 Å². The van der Waals surface area contributed by atoms with Crippen LogP contribution in [0.2, 0.25) is 0 Å². The molecule has 1 aliphatic rings. The number of aromatic nitrogens is 2. The molecule has 112 valence electrons. The normalized spacial score (nSPS) is 26.4. The second-order valence-corrected chi connectivity index (χ2v) is 6.23. The third kappa shape index (κ3) is 3.41. The lowest BCUT2D eigenvalue weighted by molar-refractivity contribution is 0.260. The highest BCUT2D eigenvalue weighted by Crippen LogP contribution is 2.31. The quantitative estimate of drug-likeness (QED) is 0.879. The van der Waals surface area contributed by atoms with E-state index in [0.29, 0.717) is 6.04 Å². The van der Waals surface area contributed by atoms with Crippen molar-refractivity contribution < 1.29 is 0 Å². The van der Waals surface area contributed by atoms with Crippen LogP contribution >= 0.6 is 0 Å². The highest BCUT2D eigenvalue weighted by atomic mass is 15.1. The van der Waals surface area contributed by atoms with E-state index in [1.54, 1.807) is 0 Å². The van der Waals surface area contributed by atoms with Crippen molar-refractivity contribution in [2.45, 2.75) is 59.9 Å². The van der Waals surface area contributed by atoms with Crippen molar-refractivity contribution in [3.05, 3.63) is 11.4 Å². The molecule has 1 aromatic heterocycles. The Bertz CT molecular complexity index is 458. The van der Waals surface area contributed by atoms with Crippen LogP contribution in [0.15, 0.2) is 0 Å². The van der Waals surface area contributed by atoms with Crippen LogP contribution in [0.4, 0.5) is 11.6 Å². The summed E-state index contributed by atoms with van der Waals surface area (Å²) in [6.07, 6.45) is 3.78. The number of nitrogens with one attached hydrogen (secondary N) is 2. The summed E-state index contributed by atoms with van der Waals surface area (Å²) in [6.45, 7) is 11.7. The van der Waals surface area contributed by atoms with Gasteiger partial charge in [0.15, 0.2) is 0 Å². The number of hydrogen-bond donors (Lipinski definition) is 2. The van der Waals surface area contributed by atoms with Crippen LogP contribution in [0, 0.1) is 25.7 Å². The lowest BCUT2D eigenvalue weighted by Gasteiger charge is -2.33. The molecule has 1 fully saturated rings. The highest BCUT2D eigenvalue weighted by molar-refractivity contribution is 5.57. The lowest BCUT2D eigenvalue weighted by atomic mass is 9.79. The molecule has 4 heteroatoms. The van der Waals surface area contributed by atoms with Crippen LogP contribution in [0.1, 0.15) is 51.4 Å². The number of rotatable bonds is 4. The maximum Gasteiger partial charge on any atom is 0.134 e. The zero-order valence-electron chi connectivity index (χ0n) is 13.5. The topological polar surface area (TPSA) is 49.8 Å². The van der Waals surface area contributed by atoms with Gasteiger partial charge in [0.25, 0.3) is 0 Å². The summed E-state index contributed by atoms with van der Waals surface area (Å²) >= 11 is 0. The molecule has 1 aliphatic carbocycles. The van der Waals surface area contributed by atoms with E-state index in [1.165, 1.54) is 19.3 Å². The van der Waals surface area contributed by atoms with Gasteiger partial charge in [-0.05, 0) is 51.9 Å². The second kappa shape index (κ2) is 6.42. The Kier molecular flexibility index (Phi) is 4.84.